The van der Waals surface area contributed by atoms with Gasteiger partial charge >= 0.3 is 0 Å². The van der Waals surface area contributed by atoms with Gasteiger partial charge in [0.25, 0.3) is 0 Å². The number of hydrogen-bond donors (Lipinski definition) is 0. The van der Waals surface area contributed by atoms with Crippen molar-refractivity contribution in [2.24, 2.45) is 0 Å². The van der Waals surface area contributed by atoms with Crippen LogP contribution in [0.1, 0.15) is 29.3 Å². The predicted octanol–water partition coefficient (Wildman–Crippen LogP) is 4.62. The molecule has 4 heteroatoms. The van der Waals surface area contributed by atoms with Gasteiger partial charge in [-0.1, -0.05) is 11.6 Å². The molecule has 3 heterocycles. The Hall–Kier alpha value is -2.10. The molecule has 25 heavy (non-hydrogen) atoms. The lowest BCUT2D eigenvalue weighted by Gasteiger charge is -2.28. The van der Waals surface area contributed by atoms with Crippen molar-refractivity contribution in [3.8, 4) is 0 Å². The van der Waals surface area contributed by atoms with Gasteiger partial charge in [0, 0.05) is 60.1 Å². The molecule has 126 valence electrons. The van der Waals surface area contributed by atoms with Gasteiger partial charge in [0.05, 0.1) is 5.52 Å². The first-order chi connectivity index (χ1) is 12.1. The highest BCUT2D eigenvalue weighted by Gasteiger charge is 2.27. The van der Waals surface area contributed by atoms with Crippen molar-refractivity contribution in [2.45, 2.75) is 26.3 Å². The Kier molecular flexibility index (Phi) is 3.31. The third kappa shape index (κ3) is 2.19. The van der Waals surface area contributed by atoms with Crippen LogP contribution in [0.2, 0.25) is 5.02 Å². The van der Waals surface area contributed by atoms with Crippen LogP contribution in [0.3, 0.4) is 0 Å². The van der Waals surface area contributed by atoms with Crippen molar-refractivity contribution in [2.75, 3.05) is 13.6 Å². The van der Waals surface area contributed by atoms with Gasteiger partial charge in [-0.3, -0.25) is 4.98 Å². The van der Waals surface area contributed by atoms with Crippen molar-refractivity contribution in [1.29, 1.82) is 0 Å². The number of nitrogens with zero attached hydrogens (tertiary/aromatic N) is 3. The number of halogens is 1. The van der Waals surface area contributed by atoms with Crippen LogP contribution in [0.4, 0.5) is 0 Å². The maximum absolute atomic E-state index is 6.31. The van der Waals surface area contributed by atoms with Gasteiger partial charge in [-0.2, -0.15) is 0 Å². The van der Waals surface area contributed by atoms with Crippen LogP contribution in [-0.4, -0.2) is 28.0 Å². The Bertz CT molecular complexity index is 1040. The van der Waals surface area contributed by atoms with Crippen LogP contribution < -0.4 is 0 Å². The van der Waals surface area contributed by atoms with Gasteiger partial charge in [-0.05, 0) is 60.5 Å². The molecule has 2 aromatic heterocycles. The molecule has 0 unspecified atom stereocenters. The molecule has 5 rings (SSSR count). The van der Waals surface area contributed by atoms with E-state index in [-0.39, 0.29) is 0 Å². The lowest BCUT2D eigenvalue weighted by atomic mass is 9.83. The number of hydrogen-bond acceptors (Lipinski definition) is 2. The summed E-state index contributed by atoms with van der Waals surface area (Å²) in [4.78, 5) is 6.63. The maximum Gasteiger partial charge on any atom is 0.0532 e. The second kappa shape index (κ2) is 5.45. The molecule has 1 aliphatic heterocycles. The van der Waals surface area contributed by atoms with Gasteiger partial charge in [-0.15, -0.1) is 0 Å². The van der Waals surface area contributed by atoms with Crippen LogP contribution in [0.25, 0.3) is 22.2 Å². The van der Waals surface area contributed by atoms with Crippen LogP contribution in [0.15, 0.2) is 36.7 Å². The maximum atomic E-state index is 6.31. The van der Waals surface area contributed by atoms with Gasteiger partial charge in [0.1, 0.15) is 0 Å². The molecule has 0 bridgehead atoms. The molecular formula is C21H20ClN3. The molecular weight excluding hydrogens is 330 g/mol. The second-order valence-electron chi connectivity index (χ2n) is 7.18. The molecule has 0 radical (unpaired) electrons. The number of aromatic nitrogens is 2. The summed E-state index contributed by atoms with van der Waals surface area (Å²) in [5.41, 5.74) is 9.64. The molecule has 0 spiro atoms. The van der Waals surface area contributed by atoms with Gasteiger partial charge in [-0.25, -0.2) is 0 Å². The molecule has 0 amide bonds. The third-order valence-electron chi connectivity index (χ3n) is 5.67. The fourth-order valence-electron chi connectivity index (χ4n) is 4.35. The van der Waals surface area contributed by atoms with E-state index in [1.165, 1.54) is 44.6 Å². The summed E-state index contributed by atoms with van der Waals surface area (Å²) < 4.78 is 2.48. The Balaban J connectivity index is 1.78. The fourth-order valence-corrected chi connectivity index (χ4v) is 4.52. The SMILES string of the molecule is C/C(=C1/Cc2cnccc21)n1c2c(c3cc(Cl)ccc31)CN(C)CC2. The Morgan fingerprint density at radius 2 is 2.12 bits per heavy atom. The van der Waals surface area contributed by atoms with E-state index in [9.17, 15) is 0 Å². The molecule has 0 saturated carbocycles. The van der Waals surface area contributed by atoms with E-state index < -0.39 is 0 Å². The summed E-state index contributed by atoms with van der Waals surface area (Å²) in [6, 6.07) is 8.45. The van der Waals surface area contributed by atoms with E-state index in [0.29, 0.717) is 0 Å². The van der Waals surface area contributed by atoms with E-state index in [4.69, 9.17) is 11.6 Å². The van der Waals surface area contributed by atoms with E-state index in [2.05, 4.69) is 46.6 Å². The quantitative estimate of drug-likeness (QED) is 0.639. The molecule has 0 N–H and O–H groups in total. The van der Waals surface area contributed by atoms with Crippen molar-refractivity contribution >= 4 is 33.8 Å². The minimum atomic E-state index is 0.811. The molecule has 0 fully saturated rings. The van der Waals surface area contributed by atoms with Crippen LogP contribution in [-0.2, 0) is 19.4 Å². The van der Waals surface area contributed by atoms with Crippen molar-refractivity contribution in [3.63, 3.8) is 0 Å². The average molecular weight is 350 g/mol. The van der Waals surface area contributed by atoms with E-state index in [0.717, 1.165) is 31.0 Å². The molecule has 0 saturated heterocycles. The number of benzene rings is 1. The molecule has 0 atom stereocenters. The number of fused-ring (bicyclic) bond motifs is 4. The summed E-state index contributed by atoms with van der Waals surface area (Å²) in [5.74, 6) is 0. The summed E-state index contributed by atoms with van der Waals surface area (Å²) in [6.07, 6.45) is 5.97. The summed E-state index contributed by atoms with van der Waals surface area (Å²) >= 11 is 6.31. The van der Waals surface area contributed by atoms with E-state index >= 15 is 0 Å². The first-order valence-electron chi connectivity index (χ1n) is 8.77. The van der Waals surface area contributed by atoms with Crippen LogP contribution in [0.5, 0.6) is 0 Å². The number of allylic oxidation sites excluding steroid dienone is 2. The summed E-state index contributed by atoms with van der Waals surface area (Å²) in [5, 5.41) is 2.11. The highest BCUT2D eigenvalue weighted by molar-refractivity contribution is 6.31. The van der Waals surface area contributed by atoms with Crippen molar-refractivity contribution < 1.29 is 0 Å². The molecule has 2 aliphatic rings. The zero-order chi connectivity index (χ0) is 17.1. The number of likely N-dealkylation sites (N-methyl/N-ethyl adjacent to an activating group) is 1. The highest BCUT2D eigenvalue weighted by Crippen LogP contribution is 2.41. The lowest BCUT2D eigenvalue weighted by Crippen LogP contribution is -2.27. The number of rotatable bonds is 1. The molecule has 1 aromatic carbocycles. The van der Waals surface area contributed by atoms with Crippen molar-refractivity contribution in [3.05, 3.63) is 64.1 Å². The zero-order valence-electron chi connectivity index (χ0n) is 14.5. The Morgan fingerprint density at radius 1 is 1.24 bits per heavy atom. The minimum absolute atomic E-state index is 0.811. The predicted molar refractivity (Wildman–Crippen MR) is 104 cm³/mol. The summed E-state index contributed by atoms with van der Waals surface area (Å²) in [6.45, 7) is 4.34. The second-order valence-corrected chi connectivity index (χ2v) is 7.62. The van der Waals surface area contributed by atoms with E-state index in [1.807, 2.05) is 18.5 Å². The number of pyridine rings is 1. The largest absolute Gasteiger partial charge is 0.317 e. The Labute approximate surface area is 152 Å². The zero-order valence-corrected chi connectivity index (χ0v) is 15.3. The average Bonchev–Trinajstić information content (AvgIpc) is 2.89. The lowest BCUT2D eigenvalue weighted by molar-refractivity contribution is 0.311. The molecule has 3 nitrogen and oxygen atoms in total. The van der Waals surface area contributed by atoms with Gasteiger partial charge in [0.2, 0.25) is 0 Å². The first-order valence-corrected chi connectivity index (χ1v) is 9.15. The van der Waals surface area contributed by atoms with Crippen molar-refractivity contribution in [1.82, 2.24) is 14.5 Å². The first kappa shape index (κ1) is 15.2. The molecule has 1 aliphatic carbocycles. The fraction of sp³-hybridized carbons (Fsp3) is 0.286. The molecule has 3 aromatic rings. The van der Waals surface area contributed by atoms with Gasteiger partial charge in [0.15, 0.2) is 0 Å². The van der Waals surface area contributed by atoms with E-state index in [1.54, 1.807) is 0 Å². The Morgan fingerprint density at radius 3 is 2.96 bits per heavy atom. The summed E-state index contributed by atoms with van der Waals surface area (Å²) in [7, 11) is 2.19. The van der Waals surface area contributed by atoms with Crippen LogP contribution >= 0.6 is 11.6 Å². The normalized spacial score (nSPS) is 18.7. The highest BCUT2D eigenvalue weighted by atomic mass is 35.5. The standard InChI is InChI=1S/C21H20ClN3/c1-13(17-9-14-11-23-7-5-16(14)17)25-20-4-3-15(22)10-18(20)19-12-24(2)8-6-21(19)25/h3-5,7,10-11H,6,8-9,12H2,1-2H3/b17-13+. The monoisotopic (exact) mass is 349 g/mol. The smallest absolute Gasteiger partial charge is 0.0532 e. The van der Waals surface area contributed by atoms with Crippen LogP contribution in [0, 0.1) is 0 Å². The minimum Gasteiger partial charge on any atom is -0.317 e. The third-order valence-corrected chi connectivity index (χ3v) is 5.90. The van der Waals surface area contributed by atoms with Gasteiger partial charge < -0.3 is 9.47 Å². The topological polar surface area (TPSA) is 21.1 Å².